The third kappa shape index (κ3) is 0.985. The lowest BCUT2D eigenvalue weighted by Crippen LogP contribution is -1.81. The highest BCUT2D eigenvalue weighted by Crippen LogP contribution is 2.29. The first-order chi connectivity index (χ1) is 5.70. The average Bonchev–Trinajstić information content (AvgIpc) is 2.48. The Morgan fingerprint density at radius 3 is 2.83 bits per heavy atom. The van der Waals surface area contributed by atoms with Crippen LogP contribution >= 0.6 is 15.9 Å². The van der Waals surface area contributed by atoms with Crippen molar-refractivity contribution < 1.29 is 4.42 Å². The molecule has 2 aromatic rings. The molecule has 0 unspecified atom stereocenters. The Hall–Kier alpha value is -0.760. The molecule has 0 spiro atoms. The molecular formula is C10H9BrO. The zero-order chi connectivity index (χ0) is 8.72. The summed E-state index contributed by atoms with van der Waals surface area (Å²) in [5, 5.41) is 1.19. The lowest BCUT2D eigenvalue weighted by molar-refractivity contribution is 0.615. The van der Waals surface area contributed by atoms with Crippen molar-refractivity contribution in [3.63, 3.8) is 0 Å². The molecular weight excluding hydrogens is 216 g/mol. The van der Waals surface area contributed by atoms with E-state index in [0.29, 0.717) is 0 Å². The van der Waals surface area contributed by atoms with E-state index in [1.165, 1.54) is 21.0 Å². The van der Waals surface area contributed by atoms with Crippen LogP contribution < -0.4 is 0 Å². The SMILES string of the molecule is Cc1cc2occc2c(C)c1Br. The molecule has 62 valence electrons. The normalized spacial score (nSPS) is 10.9. The molecule has 2 rings (SSSR count). The molecule has 0 N–H and O–H groups in total. The summed E-state index contributed by atoms with van der Waals surface area (Å²) < 4.78 is 6.49. The van der Waals surface area contributed by atoms with Crippen molar-refractivity contribution in [1.82, 2.24) is 0 Å². The molecule has 1 aromatic heterocycles. The van der Waals surface area contributed by atoms with Crippen LogP contribution in [0.2, 0.25) is 0 Å². The molecule has 0 amide bonds. The van der Waals surface area contributed by atoms with Gasteiger partial charge in [0, 0.05) is 9.86 Å². The summed E-state index contributed by atoms with van der Waals surface area (Å²) in [5.41, 5.74) is 3.43. The van der Waals surface area contributed by atoms with Gasteiger partial charge in [0.2, 0.25) is 0 Å². The largest absolute Gasteiger partial charge is 0.464 e. The number of benzene rings is 1. The number of fused-ring (bicyclic) bond motifs is 1. The fourth-order valence-electron chi connectivity index (χ4n) is 1.42. The molecule has 1 aromatic carbocycles. The van der Waals surface area contributed by atoms with Gasteiger partial charge in [-0.2, -0.15) is 0 Å². The molecule has 1 heterocycles. The highest BCUT2D eigenvalue weighted by molar-refractivity contribution is 9.10. The van der Waals surface area contributed by atoms with E-state index >= 15 is 0 Å². The summed E-state index contributed by atoms with van der Waals surface area (Å²) >= 11 is 3.54. The van der Waals surface area contributed by atoms with Crippen LogP contribution in [0.1, 0.15) is 11.1 Å². The number of hydrogen-bond acceptors (Lipinski definition) is 1. The number of furan rings is 1. The fourth-order valence-corrected chi connectivity index (χ4v) is 1.74. The van der Waals surface area contributed by atoms with E-state index in [4.69, 9.17) is 4.42 Å². The van der Waals surface area contributed by atoms with Crippen LogP contribution in [0.15, 0.2) is 27.3 Å². The first kappa shape index (κ1) is 7.87. The van der Waals surface area contributed by atoms with E-state index in [-0.39, 0.29) is 0 Å². The van der Waals surface area contributed by atoms with E-state index in [1.807, 2.05) is 12.1 Å². The van der Waals surface area contributed by atoms with Crippen molar-refractivity contribution in [2.24, 2.45) is 0 Å². The van der Waals surface area contributed by atoms with Crippen molar-refractivity contribution in [3.05, 3.63) is 34.0 Å². The summed E-state index contributed by atoms with van der Waals surface area (Å²) in [6.07, 6.45) is 1.73. The van der Waals surface area contributed by atoms with E-state index in [2.05, 4.69) is 29.8 Å². The lowest BCUT2D eigenvalue weighted by Gasteiger charge is -2.02. The van der Waals surface area contributed by atoms with Gasteiger partial charge in [-0.1, -0.05) is 15.9 Å². The smallest absolute Gasteiger partial charge is 0.134 e. The van der Waals surface area contributed by atoms with Gasteiger partial charge in [-0.05, 0) is 37.1 Å². The second-order valence-electron chi connectivity index (χ2n) is 2.96. The Bertz CT molecular complexity index is 429. The van der Waals surface area contributed by atoms with Crippen molar-refractivity contribution in [2.75, 3.05) is 0 Å². The monoisotopic (exact) mass is 224 g/mol. The summed E-state index contributed by atoms with van der Waals surface area (Å²) in [5.74, 6) is 0. The molecule has 0 aliphatic rings. The summed E-state index contributed by atoms with van der Waals surface area (Å²) in [6.45, 7) is 4.16. The third-order valence-electron chi connectivity index (χ3n) is 2.12. The summed E-state index contributed by atoms with van der Waals surface area (Å²) in [4.78, 5) is 0. The highest BCUT2D eigenvalue weighted by atomic mass is 79.9. The molecule has 1 nitrogen and oxygen atoms in total. The van der Waals surface area contributed by atoms with Crippen molar-refractivity contribution in [1.29, 1.82) is 0 Å². The maximum absolute atomic E-state index is 5.31. The molecule has 0 fully saturated rings. The van der Waals surface area contributed by atoms with Gasteiger partial charge in [0.25, 0.3) is 0 Å². The van der Waals surface area contributed by atoms with Crippen molar-refractivity contribution in [2.45, 2.75) is 13.8 Å². The van der Waals surface area contributed by atoms with Gasteiger partial charge >= 0.3 is 0 Å². The maximum atomic E-state index is 5.31. The lowest BCUT2D eigenvalue weighted by atomic mass is 10.1. The molecule has 0 bridgehead atoms. The second-order valence-corrected chi connectivity index (χ2v) is 3.76. The Labute approximate surface area is 79.5 Å². The zero-order valence-corrected chi connectivity index (χ0v) is 8.60. The molecule has 2 heteroatoms. The molecule has 0 atom stereocenters. The zero-order valence-electron chi connectivity index (χ0n) is 7.02. The summed E-state index contributed by atoms with van der Waals surface area (Å²) in [6, 6.07) is 4.04. The quantitative estimate of drug-likeness (QED) is 0.664. The topological polar surface area (TPSA) is 13.1 Å². The van der Waals surface area contributed by atoms with Crippen LogP contribution in [0.3, 0.4) is 0 Å². The van der Waals surface area contributed by atoms with Crippen LogP contribution in [0.4, 0.5) is 0 Å². The van der Waals surface area contributed by atoms with Gasteiger partial charge in [-0.15, -0.1) is 0 Å². The Morgan fingerprint density at radius 2 is 2.08 bits per heavy atom. The first-order valence-electron chi connectivity index (χ1n) is 3.83. The number of aryl methyl sites for hydroxylation is 2. The fraction of sp³-hybridized carbons (Fsp3) is 0.200. The predicted molar refractivity (Wildman–Crippen MR) is 53.4 cm³/mol. The number of halogens is 1. The van der Waals surface area contributed by atoms with Gasteiger partial charge in [0.05, 0.1) is 6.26 Å². The Balaban J connectivity index is 2.94. The number of rotatable bonds is 0. The molecule has 0 aliphatic carbocycles. The van der Waals surface area contributed by atoms with Crippen LogP contribution in [0.25, 0.3) is 11.0 Å². The van der Waals surface area contributed by atoms with Gasteiger partial charge in [-0.25, -0.2) is 0 Å². The third-order valence-corrected chi connectivity index (χ3v) is 3.34. The number of hydrogen-bond donors (Lipinski definition) is 0. The molecule has 0 radical (unpaired) electrons. The van der Waals surface area contributed by atoms with E-state index in [9.17, 15) is 0 Å². The van der Waals surface area contributed by atoms with Crippen LogP contribution in [0.5, 0.6) is 0 Å². The van der Waals surface area contributed by atoms with Crippen LogP contribution in [-0.2, 0) is 0 Å². The van der Waals surface area contributed by atoms with E-state index < -0.39 is 0 Å². The van der Waals surface area contributed by atoms with Gasteiger partial charge in [0.15, 0.2) is 0 Å². The Morgan fingerprint density at radius 1 is 1.33 bits per heavy atom. The van der Waals surface area contributed by atoms with Crippen LogP contribution in [0, 0.1) is 13.8 Å². The first-order valence-corrected chi connectivity index (χ1v) is 4.62. The second kappa shape index (κ2) is 2.63. The van der Waals surface area contributed by atoms with Crippen LogP contribution in [-0.4, -0.2) is 0 Å². The minimum absolute atomic E-state index is 0.966. The standard InChI is InChI=1S/C10H9BrO/c1-6-5-9-8(3-4-12-9)7(2)10(6)11/h3-5H,1-2H3. The highest BCUT2D eigenvalue weighted by Gasteiger charge is 2.06. The van der Waals surface area contributed by atoms with E-state index in [0.717, 1.165) is 5.58 Å². The van der Waals surface area contributed by atoms with Gasteiger partial charge < -0.3 is 4.42 Å². The van der Waals surface area contributed by atoms with E-state index in [1.54, 1.807) is 6.26 Å². The van der Waals surface area contributed by atoms with Gasteiger partial charge in [-0.3, -0.25) is 0 Å². The predicted octanol–water partition coefficient (Wildman–Crippen LogP) is 3.81. The van der Waals surface area contributed by atoms with Crippen molar-refractivity contribution >= 4 is 26.9 Å². The minimum Gasteiger partial charge on any atom is -0.464 e. The summed E-state index contributed by atoms with van der Waals surface area (Å²) in [7, 11) is 0. The molecule has 0 aliphatic heterocycles. The molecule has 0 saturated heterocycles. The average molecular weight is 225 g/mol. The molecule has 0 saturated carbocycles. The van der Waals surface area contributed by atoms with Gasteiger partial charge in [0.1, 0.15) is 5.58 Å². The minimum atomic E-state index is 0.966. The molecule has 12 heavy (non-hydrogen) atoms. The Kier molecular flexibility index (Phi) is 1.72. The maximum Gasteiger partial charge on any atom is 0.134 e. The van der Waals surface area contributed by atoms with Crippen molar-refractivity contribution in [3.8, 4) is 0 Å².